The molecule has 1 atom stereocenters. The number of likely N-dealkylation sites (tertiary alicyclic amines) is 1. The molecule has 1 aromatic rings. The lowest BCUT2D eigenvalue weighted by Crippen LogP contribution is -2.37. The Bertz CT molecular complexity index is 388. The second kappa shape index (κ2) is 5.53. The standard InChI is InChI=1S/C14H17NO2/c1-2-14(16)15-10-6-7-12(15)11-17-13-8-4-3-5-9-13/h2-5,8-9,12H,1,6-7,10-11H2/t12-/m0/s1. The first-order valence-electron chi connectivity index (χ1n) is 5.92. The molecular weight excluding hydrogens is 214 g/mol. The first-order chi connectivity index (χ1) is 8.31. The van der Waals surface area contributed by atoms with Crippen LogP contribution >= 0.6 is 0 Å². The normalized spacial score (nSPS) is 19.1. The molecule has 3 nitrogen and oxygen atoms in total. The summed E-state index contributed by atoms with van der Waals surface area (Å²) in [5.41, 5.74) is 0. The molecule has 0 aliphatic carbocycles. The molecule has 0 N–H and O–H groups in total. The van der Waals surface area contributed by atoms with E-state index in [9.17, 15) is 4.79 Å². The van der Waals surface area contributed by atoms with Crippen LogP contribution in [0.3, 0.4) is 0 Å². The summed E-state index contributed by atoms with van der Waals surface area (Å²) in [5.74, 6) is 0.856. The molecule has 17 heavy (non-hydrogen) atoms. The van der Waals surface area contributed by atoms with E-state index in [1.807, 2.05) is 35.2 Å². The first kappa shape index (κ1) is 11.7. The number of para-hydroxylation sites is 1. The van der Waals surface area contributed by atoms with Crippen LogP contribution in [0.4, 0.5) is 0 Å². The van der Waals surface area contributed by atoms with Crippen LogP contribution < -0.4 is 4.74 Å². The van der Waals surface area contributed by atoms with E-state index >= 15 is 0 Å². The SMILES string of the molecule is C=CC(=O)N1CCC[C@H]1COc1ccccc1. The summed E-state index contributed by atoms with van der Waals surface area (Å²) in [6.45, 7) is 4.90. The van der Waals surface area contributed by atoms with Gasteiger partial charge in [0.1, 0.15) is 12.4 Å². The summed E-state index contributed by atoms with van der Waals surface area (Å²) in [4.78, 5) is 13.4. The summed E-state index contributed by atoms with van der Waals surface area (Å²) in [7, 11) is 0. The smallest absolute Gasteiger partial charge is 0.246 e. The minimum atomic E-state index is 0.00385. The number of hydrogen-bond acceptors (Lipinski definition) is 2. The van der Waals surface area contributed by atoms with Gasteiger partial charge in [-0.2, -0.15) is 0 Å². The molecule has 1 aliphatic rings. The maximum absolute atomic E-state index is 11.6. The van der Waals surface area contributed by atoms with Gasteiger partial charge in [0.25, 0.3) is 0 Å². The van der Waals surface area contributed by atoms with Crippen LogP contribution in [-0.2, 0) is 4.79 Å². The van der Waals surface area contributed by atoms with Crippen molar-refractivity contribution < 1.29 is 9.53 Å². The van der Waals surface area contributed by atoms with Gasteiger partial charge in [-0.25, -0.2) is 0 Å². The number of carbonyl (C=O) groups is 1. The number of ether oxygens (including phenoxy) is 1. The molecule has 0 bridgehead atoms. The Morgan fingerprint density at radius 3 is 2.94 bits per heavy atom. The summed E-state index contributed by atoms with van der Waals surface area (Å²) < 4.78 is 5.69. The van der Waals surface area contributed by atoms with E-state index < -0.39 is 0 Å². The molecule has 0 radical (unpaired) electrons. The predicted molar refractivity (Wildman–Crippen MR) is 66.9 cm³/mol. The van der Waals surface area contributed by atoms with E-state index in [0.717, 1.165) is 25.1 Å². The molecule has 0 aromatic heterocycles. The van der Waals surface area contributed by atoms with Crippen LogP contribution in [0.5, 0.6) is 5.75 Å². The predicted octanol–water partition coefficient (Wildman–Crippen LogP) is 2.24. The average molecular weight is 231 g/mol. The molecule has 0 spiro atoms. The Balaban J connectivity index is 1.90. The van der Waals surface area contributed by atoms with E-state index in [2.05, 4.69) is 6.58 Å². The summed E-state index contributed by atoms with van der Waals surface area (Å²) >= 11 is 0. The molecule has 1 heterocycles. The zero-order valence-corrected chi connectivity index (χ0v) is 9.84. The fourth-order valence-corrected chi connectivity index (χ4v) is 2.13. The lowest BCUT2D eigenvalue weighted by atomic mass is 10.2. The van der Waals surface area contributed by atoms with E-state index in [0.29, 0.717) is 6.61 Å². The van der Waals surface area contributed by atoms with Crippen molar-refractivity contribution in [2.45, 2.75) is 18.9 Å². The molecule has 3 heteroatoms. The Labute approximate surface area is 102 Å². The van der Waals surface area contributed by atoms with Gasteiger partial charge in [0.15, 0.2) is 0 Å². The van der Waals surface area contributed by atoms with E-state index in [1.165, 1.54) is 6.08 Å². The highest BCUT2D eigenvalue weighted by molar-refractivity contribution is 5.87. The molecule has 1 saturated heterocycles. The Hall–Kier alpha value is -1.77. The van der Waals surface area contributed by atoms with Crippen LogP contribution in [0.25, 0.3) is 0 Å². The molecule has 1 amide bonds. The largest absolute Gasteiger partial charge is 0.491 e. The minimum absolute atomic E-state index is 0.00385. The van der Waals surface area contributed by atoms with E-state index in [4.69, 9.17) is 4.74 Å². The molecule has 1 fully saturated rings. The van der Waals surface area contributed by atoms with Gasteiger partial charge in [0.2, 0.25) is 5.91 Å². The van der Waals surface area contributed by atoms with Crippen molar-refractivity contribution in [1.82, 2.24) is 4.90 Å². The third-order valence-corrected chi connectivity index (χ3v) is 3.02. The maximum Gasteiger partial charge on any atom is 0.246 e. The molecule has 1 aliphatic heterocycles. The minimum Gasteiger partial charge on any atom is -0.491 e. The highest BCUT2D eigenvalue weighted by atomic mass is 16.5. The summed E-state index contributed by atoms with van der Waals surface area (Å²) in [6, 6.07) is 9.87. The number of rotatable bonds is 4. The fraction of sp³-hybridized carbons (Fsp3) is 0.357. The second-order valence-corrected chi connectivity index (χ2v) is 4.16. The fourth-order valence-electron chi connectivity index (χ4n) is 2.13. The van der Waals surface area contributed by atoms with Crippen molar-refractivity contribution in [2.75, 3.05) is 13.2 Å². The Kier molecular flexibility index (Phi) is 3.81. The number of nitrogens with zero attached hydrogens (tertiary/aromatic N) is 1. The third kappa shape index (κ3) is 2.87. The van der Waals surface area contributed by atoms with Crippen LogP contribution in [-0.4, -0.2) is 30.0 Å². The van der Waals surface area contributed by atoms with Crippen LogP contribution in [0.1, 0.15) is 12.8 Å². The highest BCUT2D eigenvalue weighted by Gasteiger charge is 2.27. The molecule has 0 saturated carbocycles. The van der Waals surface area contributed by atoms with Crippen molar-refractivity contribution >= 4 is 5.91 Å². The van der Waals surface area contributed by atoms with E-state index in [-0.39, 0.29) is 11.9 Å². The number of benzene rings is 1. The lowest BCUT2D eigenvalue weighted by Gasteiger charge is -2.23. The van der Waals surface area contributed by atoms with Crippen LogP contribution in [0.2, 0.25) is 0 Å². The van der Waals surface area contributed by atoms with E-state index in [1.54, 1.807) is 0 Å². The van der Waals surface area contributed by atoms with Crippen LogP contribution in [0.15, 0.2) is 43.0 Å². The quantitative estimate of drug-likeness (QED) is 0.744. The maximum atomic E-state index is 11.6. The topological polar surface area (TPSA) is 29.5 Å². The van der Waals surface area contributed by atoms with Gasteiger partial charge in [-0.15, -0.1) is 0 Å². The average Bonchev–Trinajstić information content (AvgIpc) is 2.85. The van der Waals surface area contributed by atoms with Crippen LogP contribution in [0, 0.1) is 0 Å². The molecule has 0 unspecified atom stereocenters. The van der Waals surface area contributed by atoms with Gasteiger partial charge in [-0.1, -0.05) is 24.8 Å². The zero-order valence-electron chi connectivity index (χ0n) is 9.84. The summed E-state index contributed by atoms with van der Waals surface area (Å²) in [6.07, 6.45) is 3.43. The van der Waals surface area contributed by atoms with Crippen molar-refractivity contribution in [3.05, 3.63) is 43.0 Å². The van der Waals surface area contributed by atoms with Gasteiger partial charge in [-0.3, -0.25) is 4.79 Å². The number of carbonyl (C=O) groups excluding carboxylic acids is 1. The van der Waals surface area contributed by atoms with Gasteiger partial charge in [0.05, 0.1) is 6.04 Å². The van der Waals surface area contributed by atoms with Gasteiger partial charge < -0.3 is 9.64 Å². The molecular formula is C14H17NO2. The molecule has 1 aromatic carbocycles. The Morgan fingerprint density at radius 2 is 2.24 bits per heavy atom. The van der Waals surface area contributed by atoms with Gasteiger partial charge in [-0.05, 0) is 31.1 Å². The van der Waals surface area contributed by atoms with Gasteiger partial charge in [0, 0.05) is 6.54 Å². The zero-order chi connectivity index (χ0) is 12.1. The second-order valence-electron chi connectivity index (χ2n) is 4.16. The summed E-state index contributed by atoms with van der Waals surface area (Å²) in [5, 5.41) is 0. The van der Waals surface area contributed by atoms with Crippen molar-refractivity contribution in [3.63, 3.8) is 0 Å². The first-order valence-corrected chi connectivity index (χ1v) is 5.92. The van der Waals surface area contributed by atoms with Crippen molar-refractivity contribution in [3.8, 4) is 5.75 Å². The third-order valence-electron chi connectivity index (χ3n) is 3.02. The van der Waals surface area contributed by atoms with Crippen molar-refractivity contribution in [2.24, 2.45) is 0 Å². The van der Waals surface area contributed by atoms with Gasteiger partial charge >= 0.3 is 0 Å². The lowest BCUT2D eigenvalue weighted by molar-refractivity contribution is -0.127. The number of amides is 1. The number of hydrogen-bond donors (Lipinski definition) is 0. The monoisotopic (exact) mass is 231 g/mol. The Morgan fingerprint density at radius 1 is 1.47 bits per heavy atom. The van der Waals surface area contributed by atoms with Crippen molar-refractivity contribution in [1.29, 1.82) is 0 Å². The molecule has 2 rings (SSSR count). The highest BCUT2D eigenvalue weighted by Crippen LogP contribution is 2.19. The molecule has 90 valence electrons.